The van der Waals surface area contributed by atoms with Crippen LogP contribution in [0.15, 0.2) is 42.5 Å². The van der Waals surface area contributed by atoms with Crippen LogP contribution in [0.1, 0.15) is 62.4 Å². The first-order valence-corrected chi connectivity index (χ1v) is 13.7. The molecule has 0 spiro atoms. The van der Waals surface area contributed by atoms with Crippen molar-refractivity contribution in [3.63, 3.8) is 0 Å². The lowest BCUT2D eigenvalue weighted by atomic mass is 9.97. The van der Waals surface area contributed by atoms with Gasteiger partial charge in [-0.1, -0.05) is 41.5 Å². The van der Waals surface area contributed by atoms with Crippen LogP contribution in [0.4, 0.5) is 4.79 Å². The zero-order chi connectivity index (χ0) is 31.4. The third kappa shape index (κ3) is 10.8. The number of benzene rings is 2. The minimum absolute atomic E-state index is 0.00960. The highest BCUT2D eigenvalue weighted by Gasteiger charge is 2.36. The number of phenolic OH excluding ortho intramolecular Hbond substituents is 1. The largest absolute Gasteiger partial charge is 0.508 e. The predicted octanol–water partition coefficient (Wildman–Crippen LogP) is 3.61. The molecule has 2 aromatic carbocycles. The van der Waals surface area contributed by atoms with E-state index in [1.807, 2.05) is 26.0 Å². The maximum absolute atomic E-state index is 14.2. The number of rotatable bonds is 12. The van der Waals surface area contributed by atoms with E-state index >= 15 is 0 Å². The van der Waals surface area contributed by atoms with Gasteiger partial charge in [0, 0.05) is 13.0 Å². The Morgan fingerprint density at radius 3 is 2.21 bits per heavy atom. The molecule has 3 N–H and O–H groups in total. The van der Waals surface area contributed by atoms with Crippen molar-refractivity contribution in [1.29, 1.82) is 5.26 Å². The summed E-state index contributed by atoms with van der Waals surface area (Å²) < 4.78 is 10.3. The first-order valence-electron chi connectivity index (χ1n) is 13.7. The Hall–Kier alpha value is -4.59. The Morgan fingerprint density at radius 2 is 1.67 bits per heavy atom. The lowest BCUT2D eigenvalue weighted by Crippen LogP contribution is -2.54. The van der Waals surface area contributed by atoms with Crippen LogP contribution >= 0.6 is 0 Å². The number of nitrogens with zero attached hydrogens (tertiary/aromatic N) is 2. The van der Waals surface area contributed by atoms with Crippen LogP contribution in [-0.4, -0.2) is 65.2 Å². The second kappa shape index (κ2) is 15.4. The monoisotopic (exact) mass is 580 g/mol. The van der Waals surface area contributed by atoms with Crippen molar-refractivity contribution in [3.8, 4) is 11.8 Å². The second-order valence-electron chi connectivity index (χ2n) is 10.9. The van der Waals surface area contributed by atoms with Gasteiger partial charge in [0.05, 0.1) is 19.1 Å². The van der Waals surface area contributed by atoms with E-state index in [1.54, 1.807) is 52.0 Å². The van der Waals surface area contributed by atoms with Gasteiger partial charge in [-0.3, -0.25) is 14.4 Å². The molecule has 0 aliphatic heterocycles. The summed E-state index contributed by atoms with van der Waals surface area (Å²) in [5.41, 5.74) is 1.91. The highest BCUT2D eigenvalue weighted by molar-refractivity contribution is 5.92. The number of aryl methyl sites for hydroxylation is 2. The number of carbonyl (C=O) groups is 4. The number of amides is 3. The Labute approximate surface area is 246 Å². The van der Waals surface area contributed by atoms with E-state index in [1.165, 1.54) is 12.1 Å². The van der Waals surface area contributed by atoms with E-state index < -0.39 is 48.1 Å². The molecule has 0 heterocycles. The number of alkyl carbamates (subject to hydrolysis) is 1. The molecule has 0 saturated carbocycles. The molecule has 2 unspecified atom stereocenters. The first-order chi connectivity index (χ1) is 19.7. The number of aromatic hydroxyl groups is 1. The summed E-state index contributed by atoms with van der Waals surface area (Å²) in [6.07, 6.45) is -0.933. The van der Waals surface area contributed by atoms with Crippen molar-refractivity contribution in [1.82, 2.24) is 15.5 Å². The summed E-state index contributed by atoms with van der Waals surface area (Å²) in [4.78, 5) is 53.5. The zero-order valence-corrected chi connectivity index (χ0v) is 25.0. The Kier molecular flexibility index (Phi) is 12.3. The van der Waals surface area contributed by atoms with E-state index in [2.05, 4.69) is 10.6 Å². The van der Waals surface area contributed by atoms with E-state index in [0.29, 0.717) is 11.1 Å². The average Bonchev–Trinajstić information content (AvgIpc) is 2.87. The molecule has 2 atom stereocenters. The number of hydrogen-bond donors (Lipinski definition) is 3. The molecule has 0 aromatic heterocycles. The van der Waals surface area contributed by atoms with E-state index in [0.717, 1.165) is 16.0 Å². The summed E-state index contributed by atoms with van der Waals surface area (Å²) in [5, 5.41) is 24.7. The molecule has 11 heteroatoms. The summed E-state index contributed by atoms with van der Waals surface area (Å²) in [6.45, 7) is 10.1. The lowest BCUT2D eigenvalue weighted by Gasteiger charge is -2.33. The normalized spacial score (nSPS) is 12.3. The molecule has 0 aliphatic carbocycles. The molecule has 42 heavy (non-hydrogen) atoms. The van der Waals surface area contributed by atoms with Gasteiger partial charge in [-0.15, -0.1) is 0 Å². The predicted molar refractivity (Wildman–Crippen MR) is 155 cm³/mol. The molecule has 11 nitrogen and oxygen atoms in total. The number of nitrogens with one attached hydrogen (secondary N) is 2. The van der Waals surface area contributed by atoms with Crippen molar-refractivity contribution in [3.05, 3.63) is 64.7 Å². The van der Waals surface area contributed by atoms with E-state index in [9.17, 15) is 29.5 Å². The van der Waals surface area contributed by atoms with E-state index in [-0.39, 0.29) is 31.7 Å². The quantitative estimate of drug-likeness (QED) is 0.254. The van der Waals surface area contributed by atoms with Gasteiger partial charge in [0.2, 0.25) is 11.8 Å². The van der Waals surface area contributed by atoms with Crippen LogP contribution in [0.25, 0.3) is 0 Å². The lowest BCUT2D eigenvalue weighted by molar-refractivity contribution is -0.144. The van der Waals surface area contributed by atoms with Crippen LogP contribution in [0.5, 0.6) is 5.75 Å². The summed E-state index contributed by atoms with van der Waals surface area (Å²) in [6, 6.07) is 11.0. The SMILES string of the molecule is CCOC(=O)CCNC(=O)C(c1cc(C)cc(C)c1)N(CC#N)C(=O)C(Cc1ccc(O)cc1)NC(=O)OC(C)(C)C. The second-order valence-corrected chi connectivity index (χ2v) is 10.9. The van der Waals surface area contributed by atoms with Crippen LogP contribution in [-0.2, 0) is 30.3 Å². The van der Waals surface area contributed by atoms with Crippen LogP contribution in [0, 0.1) is 25.2 Å². The number of carbonyl (C=O) groups excluding carboxylic acids is 4. The Bertz CT molecular complexity index is 1280. The highest BCUT2D eigenvalue weighted by Crippen LogP contribution is 2.25. The van der Waals surface area contributed by atoms with Crippen molar-refractivity contribution in [2.24, 2.45) is 0 Å². The van der Waals surface area contributed by atoms with Gasteiger partial charge in [-0.05, 0) is 64.8 Å². The van der Waals surface area contributed by atoms with Crippen LogP contribution < -0.4 is 10.6 Å². The Morgan fingerprint density at radius 1 is 1.05 bits per heavy atom. The number of phenols is 1. The van der Waals surface area contributed by atoms with Gasteiger partial charge < -0.3 is 30.1 Å². The minimum atomic E-state index is -1.25. The number of esters is 1. The molecule has 0 fully saturated rings. The van der Waals surface area contributed by atoms with Crippen LogP contribution in [0.3, 0.4) is 0 Å². The molecule has 2 aromatic rings. The van der Waals surface area contributed by atoms with Gasteiger partial charge >= 0.3 is 12.1 Å². The molecule has 0 aliphatic rings. The molecule has 0 radical (unpaired) electrons. The maximum atomic E-state index is 14.2. The maximum Gasteiger partial charge on any atom is 0.408 e. The number of ether oxygens (including phenoxy) is 2. The van der Waals surface area contributed by atoms with Gasteiger partial charge in [0.1, 0.15) is 30.0 Å². The third-order valence-electron chi connectivity index (χ3n) is 5.94. The standard InChI is InChI=1S/C31H40N4O7/c1-7-41-26(37)12-14-33-28(38)27(23-17-20(2)16-21(3)18-23)35(15-13-32)29(39)25(34-30(40)42-31(4,5)6)19-22-8-10-24(36)11-9-22/h8-11,16-18,25,27,36H,7,12,14-15,19H2,1-6H3,(H,33,38)(H,34,40). The molecule has 2 rings (SSSR count). The van der Waals surface area contributed by atoms with Crippen molar-refractivity contribution in [2.45, 2.75) is 72.1 Å². The molecule has 226 valence electrons. The fourth-order valence-electron chi connectivity index (χ4n) is 4.35. The number of nitriles is 1. The number of hydrogen-bond acceptors (Lipinski definition) is 8. The molecular weight excluding hydrogens is 540 g/mol. The average molecular weight is 581 g/mol. The summed E-state index contributed by atoms with van der Waals surface area (Å²) in [7, 11) is 0. The topological polar surface area (TPSA) is 158 Å². The third-order valence-corrected chi connectivity index (χ3v) is 5.94. The highest BCUT2D eigenvalue weighted by atomic mass is 16.6. The molecule has 0 saturated heterocycles. The summed E-state index contributed by atoms with van der Waals surface area (Å²) >= 11 is 0. The van der Waals surface area contributed by atoms with Crippen LogP contribution in [0.2, 0.25) is 0 Å². The van der Waals surface area contributed by atoms with Crippen molar-refractivity contribution in [2.75, 3.05) is 19.7 Å². The zero-order valence-electron chi connectivity index (χ0n) is 25.0. The van der Waals surface area contributed by atoms with Gasteiger partial charge in [0.25, 0.3) is 0 Å². The van der Waals surface area contributed by atoms with Gasteiger partial charge in [-0.25, -0.2) is 4.79 Å². The smallest absolute Gasteiger partial charge is 0.408 e. The molecular formula is C31H40N4O7. The van der Waals surface area contributed by atoms with Gasteiger partial charge in [-0.2, -0.15) is 5.26 Å². The minimum Gasteiger partial charge on any atom is -0.508 e. The van der Waals surface area contributed by atoms with Crippen molar-refractivity contribution < 1.29 is 33.8 Å². The fourth-order valence-corrected chi connectivity index (χ4v) is 4.35. The van der Waals surface area contributed by atoms with Gasteiger partial charge in [0.15, 0.2) is 0 Å². The fraction of sp³-hybridized carbons (Fsp3) is 0.452. The van der Waals surface area contributed by atoms with E-state index in [4.69, 9.17) is 9.47 Å². The van der Waals surface area contributed by atoms with Crippen molar-refractivity contribution >= 4 is 23.9 Å². The summed E-state index contributed by atoms with van der Waals surface area (Å²) in [5.74, 6) is -1.75. The Balaban J connectivity index is 2.52. The molecule has 3 amide bonds. The first kappa shape index (κ1) is 33.6. The molecule has 0 bridgehead atoms.